The Bertz CT molecular complexity index is 1020. The number of anilines is 4. The van der Waals surface area contributed by atoms with Gasteiger partial charge in [0.15, 0.2) is 0 Å². The molecule has 0 radical (unpaired) electrons. The maximum Gasteiger partial charge on any atom is 0.254 e. The second-order valence-corrected chi connectivity index (χ2v) is 6.10. The normalized spacial score (nSPS) is 10.2. The van der Waals surface area contributed by atoms with Gasteiger partial charge in [0, 0.05) is 30.2 Å². The zero-order valence-corrected chi connectivity index (χ0v) is 15.5. The Labute approximate surface area is 162 Å². The highest BCUT2D eigenvalue weighted by molar-refractivity contribution is 5.98. The van der Waals surface area contributed by atoms with E-state index in [4.69, 9.17) is 5.73 Å². The number of aromatic nitrogens is 2. The van der Waals surface area contributed by atoms with Gasteiger partial charge < -0.3 is 21.7 Å². The molecule has 3 rings (SSSR count). The number of carbonyl (C=O) groups excluding carboxylic acids is 2. The molecule has 1 aromatic heterocycles. The second-order valence-electron chi connectivity index (χ2n) is 6.10. The lowest BCUT2D eigenvalue weighted by Gasteiger charge is -2.12. The second kappa shape index (κ2) is 8.17. The van der Waals surface area contributed by atoms with Gasteiger partial charge in [-0.05, 0) is 48.9 Å². The van der Waals surface area contributed by atoms with Crippen LogP contribution in [0.15, 0.2) is 54.7 Å². The van der Waals surface area contributed by atoms with Crippen molar-refractivity contribution in [3.63, 3.8) is 0 Å². The highest BCUT2D eigenvalue weighted by Crippen LogP contribution is 2.22. The number of primary amides is 1. The number of amides is 2. The van der Waals surface area contributed by atoms with E-state index in [2.05, 4.69) is 25.9 Å². The summed E-state index contributed by atoms with van der Waals surface area (Å²) in [5, 5.41) is 8.72. The molecule has 8 heteroatoms. The van der Waals surface area contributed by atoms with Crippen molar-refractivity contribution in [2.24, 2.45) is 5.73 Å². The van der Waals surface area contributed by atoms with E-state index >= 15 is 0 Å². The molecule has 0 bridgehead atoms. The fourth-order valence-electron chi connectivity index (χ4n) is 2.56. The van der Waals surface area contributed by atoms with Gasteiger partial charge in [-0.1, -0.05) is 12.1 Å². The van der Waals surface area contributed by atoms with Gasteiger partial charge in [0.25, 0.3) is 11.8 Å². The van der Waals surface area contributed by atoms with Crippen LogP contribution in [0.1, 0.15) is 26.3 Å². The van der Waals surface area contributed by atoms with Crippen molar-refractivity contribution in [3.8, 4) is 0 Å². The Hall–Kier alpha value is -3.94. The average Bonchev–Trinajstić information content (AvgIpc) is 2.68. The van der Waals surface area contributed by atoms with Crippen LogP contribution < -0.4 is 21.7 Å². The van der Waals surface area contributed by atoms with Crippen molar-refractivity contribution in [3.05, 3.63) is 71.4 Å². The number of aryl methyl sites for hydroxylation is 1. The van der Waals surface area contributed by atoms with Crippen molar-refractivity contribution in [2.45, 2.75) is 6.92 Å². The Morgan fingerprint density at radius 2 is 1.75 bits per heavy atom. The first-order valence-corrected chi connectivity index (χ1v) is 8.56. The number of rotatable bonds is 6. The first kappa shape index (κ1) is 18.8. The summed E-state index contributed by atoms with van der Waals surface area (Å²) in [5.41, 5.74) is 8.70. The number of nitrogens with one attached hydrogen (secondary N) is 3. The SMILES string of the molecule is CNC(=O)c1ccc(Nc2ncc(C(N)=O)c(Nc3cccc(C)c3)n2)cc1. The number of benzene rings is 2. The third-order valence-corrected chi connectivity index (χ3v) is 3.97. The van der Waals surface area contributed by atoms with E-state index in [9.17, 15) is 9.59 Å². The molecule has 0 atom stereocenters. The van der Waals surface area contributed by atoms with Crippen molar-refractivity contribution < 1.29 is 9.59 Å². The standard InChI is InChI=1S/C20H20N6O2/c1-12-4-3-5-15(10-12)24-18-16(17(21)27)11-23-20(26-18)25-14-8-6-13(7-9-14)19(28)22-2/h3-11H,1-2H3,(H2,21,27)(H,22,28)(H2,23,24,25,26). The molecule has 2 aromatic carbocycles. The topological polar surface area (TPSA) is 122 Å². The Balaban J connectivity index is 1.86. The Morgan fingerprint density at radius 1 is 1.00 bits per heavy atom. The molecule has 1 heterocycles. The van der Waals surface area contributed by atoms with Gasteiger partial charge in [-0.2, -0.15) is 4.98 Å². The molecular weight excluding hydrogens is 356 g/mol. The summed E-state index contributed by atoms with van der Waals surface area (Å²) < 4.78 is 0. The first-order chi connectivity index (χ1) is 13.5. The quantitative estimate of drug-likeness (QED) is 0.525. The molecule has 0 unspecified atom stereocenters. The fraction of sp³-hybridized carbons (Fsp3) is 0.100. The van der Waals surface area contributed by atoms with E-state index in [1.807, 2.05) is 31.2 Å². The lowest BCUT2D eigenvalue weighted by molar-refractivity contribution is 0.0961. The van der Waals surface area contributed by atoms with Crippen LogP contribution in [0.4, 0.5) is 23.1 Å². The molecule has 0 fully saturated rings. The van der Waals surface area contributed by atoms with Gasteiger partial charge in [-0.25, -0.2) is 4.98 Å². The summed E-state index contributed by atoms with van der Waals surface area (Å²) in [6.07, 6.45) is 1.37. The minimum Gasteiger partial charge on any atom is -0.365 e. The summed E-state index contributed by atoms with van der Waals surface area (Å²) >= 11 is 0. The molecular formula is C20H20N6O2. The van der Waals surface area contributed by atoms with Crippen LogP contribution in [0.25, 0.3) is 0 Å². The van der Waals surface area contributed by atoms with Gasteiger partial charge in [-0.3, -0.25) is 9.59 Å². The van der Waals surface area contributed by atoms with Gasteiger partial charge in [-0.15, -0.1) is 0 Å². The molecule has 0 aliphatic heterocycles. The predicted molar refractivity (Wildman–Crippen MR) is 108 cm³/mol. The Kier molecular flexibility index (Phi) is 5.50. The summed E-state index contributed by atoms with van der Waals surface area (Å²) in [6, 6.07) is 14.5. The molecule has 142 valence electrons. The van der Waals surface area contributed by atoms with E-state index in [0.717, 1.165) is 11.3 Å². The van der Waals surface area contributed by atoms with Crippen molar-refractivity contribution in [2.75, 3.05) is 17.7 Å². The number of nitrogens with two attached hydrogens (primary N) is 1. The maximum atomic E-state index is 11.7. The van der Waals surface area contributed by atoms with E-state index in [0.29, 0.717) is 17.1 Å². The summed E-state index contributed by atoms with van der Waals surface area (Å²) in [6.45, 7) is 1.97. The first-order valence-electron chi connectivity index (χ1n) is 8.56. The summed E-state index contributed by atoms with van der Waals surface area (Å²) in [7, 11) is 1.57. The van der Waals surface area contributed by atoms with Gasteiger partial charge in [0.1, 0.15) is 11.4 Å². The third-order valence-electron chi connectivity index (χ3n) is 3.97. The zero-order valence-electron chi connectivity index (χ0n) is 15.5. The lowest BCUT2D eigenvalue weighted by Crippen LogP contribution is -2.17. The van der Waals surface area contributed by atoms with E-state index in [1.54, 1.807) is 31.3 Å². The molecule has 0 spiro atoms. The Morgan fingerprint density at radius 3 is 2.39 bits per heavy atom. The minimum atomic E-state index is -0.628. The number of hydrogen-bond donors (Lipinski definition) is 4. The smallest absolute Gasteiger partial charge is 0.254 e. The van der Waals surface area contributed by atoms with Crippen molar-refractivity contribution in [1.82, 2.24) is 15.3 Å². The molecule has 5 N–H and O–H groups in total. The average molecular weight is 376 g/mol. The molecule has 8 nitrogen and oxygen atoms in total. The van der Waals surface area contributed by atoms with Crippen LogP contribution >= 0.6 is 0 Å². The van der Waals surface area contributed by atoms with Crippen LogP contribution in [-0.4, -0.2) is 28.8 Å². The lowest BCUT2D eigenvalue weighted by atomic mass is 10.2. The highest BCUT2D eigenvalue weighted by atomic mass is 16.1. The van der Waals surface area contributed by atoms with Crippen molar-refractivity contribution in [1.29, 1.82) is 0 Å². The van der Waals surface area contributed by atoms with Crippen LogP contribution in [0.5, 0.6) is 0 Å². The molecule has 3 aromatic rings. The molecule has 28 heavy (non-hydrogen) atoms. The van der Waals surface area contributed by atoms with Crippen LogP contribution in [0.3, 0.4) is 0 Å². The van der Waals surface area contributed by atoms with Crippen LogP contribution in [-0.2, 0) is 0 Å². The largest absolute Gasteiger partial charge is 0.365 e. The number of carbonyl (C=O) groups is 2. The number of nitrogens with zero attached hydrogens (tertiary/aromatic N) is 2. The fourth-order valence-corrected chi connectivity index (χ4v) is 2.56. The van der Waals surface area contributed by atoms with Crippen molar-refractivity contribution >= 4 is 35.0 Å². The van der Waals surface area contributed by atoms with Gasteiger partial charge in [0.05, 0.1) is 0 Å². The summed E-state index contributed by atoms with van der Waals surface area (Å²) in [5.74, 6) is -0.208. The molecule has 0 saturated carbocycles. The zero-order chi connectivity index (χ0) is 20.1. The predicted octanol–water partition coefficient (Wildman–Crippen LogP) is 2.73. The number of hydrogen-bond acceptors (Lipinski definition) is 6. The third kappa shape index (κ3) is 4.42. The minimum absolute atomic E-state index is 0.168. The maximum absolute atomic E-state index is 11.7. The highest BCUT2D eigenvalue weighted by Gasteiger charge is 2.13. The van der Waals surface area contributed by atoms with Gasteiger partial charge in [0.2, 0.25) is 5.95 Å². The van der Waals surface area contributed by atoms with E-state index in [1.165, 1.54) is 6.20 Å². The molecule has 0 saturated heterocycles. The summed E-state index contributed by atoms with van der Waals surface area (Å²) in [4.78, 5) is 31.9. The van der Waals surface area contributed by atoms with Gasteiger partial charge >= 0.3 is 0 Å². The molecule has 0 aliphatic carbocycles. The molecule has 0 aliphatic rings. The van der Waals surface area contributed by atoms with Crippen LogP contribution in [0.2, 0.25) is 0 Å². The van der Waals surface area contributed by atoms with E-state index < -0.39 is 5.91 Å². The monoisotopic (exact) mass is 376 g/mol. The van der Waals surface area contributed by atoms with E-state index in [-0.39, 0.29) is 17.4 Å². The van der Waals surface area contributed by atoms with Crippen LogP contribution in [0, 0.1) is 6.92 Å². The molecule has 2 amide bonds.